The van der Waals surface area contributed by atoms with E-state index in [1.54, 1.807) is 0 Å². The molecule has 1 aliphatic rings. The summed E-state index contributed by atoms with van der Waals surface area (Å²) < 4.78 is 2.37. The van der Waals surface area contributed by atoms with Crippen molar-refractivity contribution >= 4 is 16.7 Å². The van der Waals surface area contributed by atoms with E-state index >= 15 is 0 Å². The molecule has 0 fully saturated rings. The SMILES string of the molecule is Cc1cc2nc3n(c2cc1C)C(C)(C)N(C)c1ccccc1-3. The molecule has 0 saturated heterocycles. The van der Waals surface area contributed by atoms with E-state index < -0.39 is 0 Å². The predicted molar refractivity (Wildman–Crippen MR) is 92.4 cm³/mol. The number of benzene rings is 2. The number of rotatable bonds is 0. The Morgan fingerprint density at radius 1 is 1.00 bits per heavy atom. The summed E-state index contributed by atoms with van der Waals surface area (Å²) in [5.41, 5.74) is 7.19. The minimum Gasteiger partial charge on any atom is -0.351 e. The van der Waals surface area contributed by atoms with Crippen LogP contribution in [0, 0.1) is 13.8 Å². The van der Waals surface area contributed by atoms with Crippen molar-refractivity contribution in [3.8, 4) is 11.4 Å². The second-order valence-electron chi connectivity index (χ2n) is 6.77. The average Bonchev–Trinajstić information content (AvgIpc) is 2.85. The molecule has 1 aliphatic heterocycles. The fourth-order valence-corrected chi connectivity index (χ4v) is 3.47. The largest absolute Gasteiger partial charge is 0.351 e. The maximum Gasteiger partial charge on any atom is 0.145 e. The molecule has 3 aromatic rings. The first-order chi connectivity index (χ1) is 10.4. The lowest BCUT2D eigenvalue weighted by atomic mass is 10.0. The highest BCUT2D eigenvalue weighted by Crippen LogP contribution is 2.44. The lowest BCUT2D eigenvalue weighted by Crippen LogP contribution is -2.46. The molecule has 3 nitrogen and oxygen atoms in total. The van der Waals surface area contributed by atoms with Gasteiger partial charge >= 0.3 is 0 Å². The third kappa shape index (κ3) is 1.54. The van der Waals surface area contributed by atoms with E-state index in [1.165, 1.54) is 27.9 Å². The molecular weight excluding hydrogens is 270 g/mol. The molecule has 0 amide bonds. The molecule has 3 heteroatoms. The van der Waals surface area contributed by atoms with Gasteiger partial charge in [0.15, 0.2) is 0 Å². The van der Waals surface area contributed by atoms with Gasteiger partial charge in [0, 0.05) is 18.3 Å². The summed E-state index contributed by atoms with van der Waals surface area (Å²) in [6.07, 6.45) is 0. The third-order valence-electron chi connectivity index (χ3n) is 5.14. The highest BCUT2D eigenvalue weighted by Gasteiger charge is 2.36. The van der Waals surface area contributed by atoms with Crippen LogP contribution in [0.1, 0.15) is 25.0 Å². The Balaban J connectivity index is 2.17. The van der Waals surface area contributed by atoms with Crippen LogP contribution in [0.4, 0.5) is 5.69 Å². The Bertz CT molecular complexity index is 902. The van der Waals surface area contributed by atoms with Crippen LogP contribution in [-0.2, 0) is 5.66 Å². The first-order valence-electron chi connectivity index (χ1n) is 7.74. The van der Waals surface area contributed by atoms with Crippen LogP contribution in [0.15, 0.2) is 36.4 Å². The molecule has 2 aromatic carbocycles. The second-order valence-corrected chi connectivity index (χ2v) is 6.77. The highest BCUT2D eigenvalue weighted by molar-refractivity contribution is 5.88. The van der Waals surface area contributed by atoms with Gasteiger partial charge in [-0.3, -0.25) is 0 Å². The van der Waals surface area contributed by atoms with Crippen LogP contribution >= 0.6 is 0 Å². The van der Waals surface area contributed by atoms with Gasteiger partial charge in [-0.25, -0.2) is 4.98 Å². The van der Waals surface area contributed by atoms with Gasteiger partial charge in [0.25, 0.3) is 0 Å². The van der Waals surface area contributed by atoms with Crippen molar-refractivity contribution < 1.29 is 0 Å². The Labute approximate surface area is 131 Å². The molecule has 0 bridgehead atoms. The number of aromatic nitrogens is 2. The fraction of sp³-hybridized carbons (Fsp3) is 0.316. The molecule has 1 aromatic heterocycles. The van der Waals surface area contributed by atoms with Crippen molar-refractivity contribution in [3.05, 3.63) is 47.5 Å². The minimum atomic E-state index is -0.153. The number of para-hydroxylation sites is 1. The molecule has 4 rings (SSSR count). The van der Waals surface area contributed by atoms with Gasteiger partial charge in [0.2, 0.25) is 0 Å². The second kappa shape index (κ2) is 4.13. The van der Waals surface area contributed by atoms with Crippen LogP contribution in [0.25, 0.3) is 22.4 Å². The van der Waals surface area contributed by atoms with Gasteiger partial charge < -0.3 is 9.47 Å². The monoisotopic (exact) mass is 291 g/mol. The molecular formula is C19H21N3. The van der Waals surface area contributed by atoms with Crippen molar-refractivity contribution in [1.82, 2.24) is 9.55 Å². The summed E-state index contributed by atoms with van der Waals surface area (Å²) in [7, 11) is 2.16. The number of nitrogens with zero attached hydrogens (tertiary/aromatic N) is 3. The topological polar surface area (TPSA) is 21.1 Å². The first kappa shape index (κ1) is 13.4. The van der Waals surface area contributed by atoms with Crippen LogP contribution in [-0.4, -0.2) is 16.6 Å². The van der Waals surface area contributed by atoms with Crippen LogP contribution < -0.4 is 4.90 Å². The lowest BCUT2D eigenvalue weighted by Gasteiger charge is -2.44. The van der Waals surface area contributed by atoms with E-state index in [2.05, 4.69) is 80.6 Å². The maximum absolute atomic E-state index is 4.96. The fourth-order valence-electron chi connectivity index (χ4n) is 3.47. The number of imidazole rings is 1. The number of hydrogen-bond acceptors (Lipinski definition) is 2. The summed E-state index contributed by atoms with van der Waals surface area (Å²) in [5, 5.41) is 0. The first-order valence-corrected chi connectivity index (χ1v) is 7.74. The number of aryl methyl sites for hydroxylation is 2. The van der Waals surface area contributed by atoms with Crippen molar-refractivity contribution in [2.24, 2.45) is 0 Å². The number of fused-ring (bicyclic) bond motifs is 5. The van der Waals surface area contributed by atoms with Crippen molar-refractivity contribution in [2.45, 2.75) is 33.4 Å². The van der Waals surface area contributed by atoms with E-state index in [0.717, 1.165) is 11.3 Å². The predicted octanol–water partition coefficient (Wildman–Crippen LogP) is 4.46. The Morgan fingerprint density at radius 3 is 2.45 bits per heavy atom. The van der Waals surface area contributed by atoms with E-state index in [0.29, 0.717) is 0 Å². The van der Waals surface area contributed by atoms with Gasteiger partial charge in [-0.2, -0.15) is 0 Å². The van der Waals surface area contributed by atoms with Gasteiger partial charge in [-0.15, -0.1) is 0 Å². The Morgan fingerprint density at radius 2 is 1.68 bits per heavy atom. The number of hydrogen-bond donors (Lipinski definition) is 0. The molecule has 0 spiro atoms. The van der Waals surface area contributed by atoms with Gasteiger partial charge in [0.1, 0.15) is 11.5 Å². The molecule has 0 atom stereocenters. The van der Waals surface area contributed by atoms with E-state index in [9.17, 15) is 0 Å². The quantitative estimate of drug-likeness (QED) is 0.609. The van der Waals surface area contributed by atoms with Crippen LogP contribution in [0.3, 0.4) is 0 Å². The molecule has 0 N–H and O–H groups in total. The minimum absolute atomic E-state index is 0.153. The highest BCUT2D eigenvalue weighted by atomic mass is 15.4. The van der Waals surface area contributed by atoms with Gasteiger partial charge in [-0.1, -0.05) is 12.1 Å². The Kier molecular flexibility index (Phi) is 2.51. The Hall–Kier alpha value is -2.29. The van der Waals surface area contributed by atoms with Gasteiger partial charge in [-0.05, 0) is 63.1 Å². The van der Waals surface area contributed by atoms with E-state index in [4.69, 9.17) is 4.98 Å². The molecule has 0 radical (unpaired) electrons. The van der Waals surface area contributed by atoms with Crippen molar-refractivity contribution in [1.29, 1.82) is 0 Å². The standard InChI is InChI=1S/C19H21N3/c1-12-10-15-17(11-13(12)2)22-18(20-15)14-8-6-7-9-16(14)21(5)19(22,3)4/h6-11H,1-5H3. The van der Waals surface area contributed by atoms with E-state index in [-0.39, 0.29) is 5.66 Å². The molecule has 112 valence electrons. The average molecular weight is 291 g/mol. The maximum atomic E-state index is 4.96. The summed E-state index contributed by atoms with van der Waals surface area (Å²) in [5.74, 6) is 1.07. The van der Waals surface area contributed by atoms with Crippen molar-refractivity contribution in [2.75, 3.05) is 11.9 Å². The summed E-state index contributed by atoms with van der Waals surface area (Å²) >= 11 is 0. The molecule has 0 saturated carbocycles. The molecule has 0 aliphatic carbocycles. The number of anilines is 1. The van der Waals surface area contributed by atoms with Crippen molar-refractivity contribution in [3.63, 3.8) is 0 Å². The zero-order valence-corrected chi connectivity index (χ0v) is 13.8. The normalized spacial score (nSPS) is 15.8. The molecule has 0 unspecified atom stereocenters. The zero-order valence-electron chi connectivity index (χ0n) is 13.8. The van der Waals surface area contributed by atoms with Crippen LogP contribution in [0.5, 0.6) is 0 Å². The molecule has 2 heterocycles. The van der Waals surface area contributed by atoms with Crippen LogP contribution in [0.2, 0.25) is 0 Å². The summed E-state index contributed by atoms with van der Waals surface area (Å²) in [6.45, 7) is 8.83. The third-order valence-corrected chi connectivity index (χ3v) is 5.14. The smallest absolute Gasteiger partial charge is 0.145 e. The van der Waals surface area contributed by atoms with Gasteiger partial charge in [0.05, 0.1) is 11.0 Å². The zero-order chi connectivity index (χ0) is 15.6. The summed E-state index contributed by atoms with van der Waals surface area (Å²) in [4.78, 5) is 7.30. The van der Waals surface area contributed by atoms with E-state index in [1.807, 2.05) is 0 Å². The summed E-state index contributed by atoms with van der Waals surface area (Å²) in [6, 6.07) is 13.0. The lowest BCUT2D eigenvalue weighted by molar-refractivity contribution is 0.357. The molecule has 22 heavy (non-hydrogen) atoms.